The van der Waals surface area contributed by atoms with Gasteiger partial charge >= 0.3 is 0 Å². The third-order valence-electron chi connectivity index (χ3n) is 8.08. The van der Waals surface area contributed by atoms with Crippen LogP contribution in [-0.2, 0) is 29.7 Å². The monoisotopic (exact) mass is 551 g/mol. The average molecular weight is 552 g/mol. The van der Waals surface area contributed by atoms with Crippen molar-refractivity contribution in [3.63, 3.8) is 0 Å². The Labute approximate surface area is 240 Å². The zero-order chi connectivity index (χ0) is 28.9. The van der Waals surface area contributed by atoms with Crippen LogP contribution in [0, 0.1) is 0 Å². The second-order valence-electron chi connectivity index (χ2n) is 11.8. The number of benzene rings is 2. The van der Waals surface area contributed by atoms with Crippen LogP contribution >= 0.6 is 0 Å². The number of aromatic nitrogens is 4. The Hall–Kier alpha value is -4.24. The van der Waals surface area contributed by atoms with E-state index in [1.807, 2.05) is 46.9 Å². The van der Waals surface area contributed by atoms with E-state index in [0.717, 1.165) is 42.1 Å². The minimum atomic E-state index is -0.161. The number of carbonyl (C=O) groups excluding carboxylic acids is 1. The molecule has 2 aromatic carbocycles. The van der Waals surface area contributed by atoms with Crippen molar-refractivity contribution in [1.82, 2.24) is 24.2 Å². The molecule has 0 unspecified atom stereocenters. The summed E-state index contributed by atoms with van der Waals surface area (Å²) < 4.78 is 3.52. The predicted octanol–water partition coefficient (Wildman–Crippen LogP) is 4.92. The maximum Gasteiger partial charge on any atom is 0.278 e. The highest BCUT2D eigenvalue weighted by atomic mass is 16.2. The van der Waals surface area contributed by atoms with E-state index in [1.54, 1.807) is 10.9 Å². The van der Waals surface area contributed by atoms with E-state index in [4.69, 9.17) is 4.98 Å². The van der Waals surface area contributed by atoms with Gasteiger partial charge in [-0.1, -0.05) is 45.1 Å². The number of rotatable bonds is 7. The summed E-state index contributed by atoms with van der Waals surface area (Å²) in [5.74, 6) is 0.526. The van der Waals surface area contributed by atoms with Crippen molar-refractivity contribution in [3.05, 3.63) is 81.8 Å². The quantitative estimate of drug-likeness (QED) is 0.328. The lowest BCUT2D eigenvalue weighted by atomic mass is 9.78. The molecule has 0 atom stereocenters. The maximum atomic E-state index is 13.5. The van der Waals surface area contributed by atoms with Crippen LogP contribution in [-0.4, -0.2) is 50.3 Å². The van der Waals surface area contributed by atoms with Gasteiger partial charge in [-0.05, 0) is 61.3 Å². The molecule has 6 rings (SSSR count). The topological polar surface area (TPSA) is 88.3 Å². The van der Waals surface area contributed by atoms with Crippen LogP contribution in [0.2, 0.25) is 0 Å². The third-order valence-corrected chi connectivity index (χ3v) is 8.08. The second-order valence-corrected chi connectivity index (χ2v) is 11.8. The number of anilines is 3. The zero-order valence-electron chi connectivity index (χ0n) is 24.4. The van der Waals surface area contributed by atoms with Crippen molar-refractivity contribution in [2.24, 2.45) is 0 Å². The zero-order valence-corrected chi connectivity index (χ0v) is 24.4. The second kappa shape index (κ2) is 10.3. The van der Waals surface area contributed by atoms with Gasteiger partial charge in [-0.3, -0.25) is 9.59 Å². The maximum absolute atomic E-state index is 13.5. The first-order chi connectivity index (χ1) is 19.7. The first-order valence-electron chi connectivity index (χ1n) is 14.3. The number of nitrogens with one attached hydrogen (secondary N) is 1. The van der Waals surface area contributed by atoms with Crippen LogP contribution < -0.4 is 15.8 Å². The molecule has 9 nitrogen and oxygen atoms in total. The molecule has 0 fully saturated rings. The Balaban J connectivity index is 1.44. The summed E-state index contributed by atoms with van der Waals surface area (Å²) >= 11 is 0. The first-order valence-corrected chi connectivity index (χ1v) is 14.3. The van der Waals surface area contributed by atoms with Gasteiger partial charge in [-0.2, -0.15) is 4.98 Å². The van der Waals surface area contributed by atoms with Crippen molar-refractivity contribution in [2.75, 3.05) is 30.4 Å². The molecular weight excluding hydrogens is 514 g/mol. The predicted molar refractivity (Wildman–Crippen MR) is 163 cm³/mol. The fourth-order valence-corrected chi connectivity index (χ4v) is 6.37. The van der Waals surface area contributed by atoms with Crippen LogP contribution in [0.1, 0.15) is 50.8 Å². The smallest absolute Gasteiger partial charge is 0.278 e. The molecule has 2 aliphatic heterocycles. The summed E-state index contributed by atoms with van der Waals surface area (Å²) in [5, 5.41) is 3.82. The molecule has 1 N–H and O–H groups in total. The molecule has 4 heterocycles. The minimum absolute atomic E-state index is 0.0787. The van der Waals surface area contributed by atoms with Gasteiger partial charge in [0.25, 0.3) is 5.56 Å². The highest BCUT2D eigenvalue weighted by Gasteiger charge is 2.30. The molecule has 212 valence electrons. The number of fused-ring (bicyclic) bond motifs is 3. The Bertz CT molecular complexity index is 1750. The van der Waals surface area contributed by atoms with E-state index in [1.165, 1.54) is 11.1 Å². The number of allylic oxidation sites excluding steroid dienone is 2. The number of amides is 1. The molecule has 2 aliphatic rings. The van der Waals surface area contributed by atoms with Gasteiger partial charge in [0.1, 0.15) is 5.39 Å². The summed E-state index contributed by atoms with van der Waals surface area (Å²) in [7, 11) is 2.15. The van der Waals surface area contributed by atoms with Crippen molar-refractivity contribution in [2.45, 2.75) is 59.0 Å². The molecule has 4 aromatic rings. The van der Waals surface area contributed by atoms with Crippen LogP contribution in [0.4, 0.5) is 17.3 Å². The van der Waals surface area contributed by atoms with E-state index in [0.29, 0.717) is 36.5 Å². The summed E-state index contributed by atoms with van der Waals surface area (Å²) in [6, 6.07) is 12.4. The molecule has 9 heteroatoms. The summed E-state index contributed by atoms with van der Waals surface area (Å²) in [4.78, 5) is 39.8. The van der Waals surface area contributed by atoms with E-state index < -0.39 is 0 Å². The summed E-state index contributed by atoms with van der Waals surface area (Å²) in [6.07, 6.45) is 6.73. The normalized spacial score (nSPS) is 16.5. The fourth-order valence-electron chi connectivity index (χ4n) is 6.37. The van der Waals surface area contributed by atoms with E-state index in [9.17, 15) is 9.59 Å². The Morgan fingerprint density at radius 1 is 1.10 bits per heavy atom. The van der Waals surface area contributed by atoms with Gasteiger partial charge in [0.2, 0.25) is 11.9 Å². The SMILES string of the molecule is C/C=C\Cn1c(=O)c2cnc(Nc3ccc4c(c3)CN(C)CC4(C)C)nc2n1-c1ccc2c(c1)N(CCC)C(=O)C2. The molecule has 0 aliphatic carbocycles. The van der Waals surface area contributed by atoms with E-state index >= 15 is 0 Å². The molecule has 0 saturated carbocycles. The van der Waals surface area contributed by atoms with Crippen molar-refractivity contribution in [1.29, 1.82) is 0 Å². The lowest BCUT2D eigenvalue weighted by Gasteiger charge is -2.38. The molecule has 0 radical (unpaired) electrons. The Morgan fingerprint density at radius 2 is 1.93 bits per heavy atom. The molecule has 0 spiro atoms. The number of nitrogens with zero attached hydrogens (tertiary/aromatic N) is 6. The number of hydrogen-bond acceptors (Lipinski definition) is 6. The summed E-state index contributed by atoms with van der Waals surface area (Å²) in [5.41, 5.74) is 6.67. The van der Waals surface area contributed by atoms with Gasteiger partial charge in [-0.25, -0.2) is 14.3 Å². The molecular formula is C32H37N7O2. The van der Waals surface area contributed by atoms with E-state index in [-0.39, 0.29) is 16.9 Å². The highest BCUT2D eigenvalue weighted by Crippen LogP contribution is 2.35. The average Bonchev–Trinajstić information content (AvgIpc) is 3.38. The molecule has 2 aromatic heterocycles. The molecule has 1 amide bonds. The lowest BCUT2D eigenvalue weighted by Crippen LogP contribution is -2.39. The number of carbonyl (C=O) groups is 1. The van der Waals surface area contributed by atoms with Crippen molar-refractivity contribution in [3.8, 4) is 5.69 Å². The van der Waals surface area contributed by atoms with Gasteiger partial charge in [0.05, 0.1) is 18.7 Å². The fraction of sp³-hybridized carbons (Fsp3) is 0.375. The highest BCUT2D eigenvalue weighted by molar-refractivity contribution is 6.01. The summed E-state index contributed by atoms with van der Waals surface area (Å²) in [6.45, 7) is 11.5. The third kappa shape index (κ3) is 4.74. The van der Waals surface area contributed by atoms with E-state index in [2.05, 4.69) is 61.2 Å². The number of hydrogen-bond donors (Lipinski definition) is 1. The van der Waals surface area contributed by atoms with Crippen LogP contribution in [0.15, 0.2) is 59.5 Å². The molecule has 0 bridgehead atoms. The molecule has 41 heavy (non-hydrogen) atoms. The van der Waals surface area contributed by atoms with Crippen LogP contribution in [0.3, 0.4) is 0 Å². The van der Waals surface area contributed by atoms with Crippen molar-refractivity contribution < 1.29 is 4.79 Å². The standard InChI is InChI=1S/C32H37N7O2/c1-6-8-14-38-30(41)25-18-33-31(34-23-10-12-26-22(15-23)19-36(5)20-32(26,3)4)35-29(25)39(38)24-11-9-21-16-28(40)37(13-7-2)27(21)17-24/h6,8-12,15,17-18H,7,13-14,16,19-20H2,1-5H3,(H,33,34,35)/b8-6-. The first kappa shape index (κ1) is 27.0. The Kier molecular flexibility index (Phi) is 6.77. The molecule has 0 saturated heterocycles. The Morgan fingerprint density at radius 3 is 2.71 bits per heavy atom. The lowest BCUT2D eigenvalue weighted by molar-refractivity contribution is -0.117. The van der Waals surface area contributed by atoms with Gasteiger partial charge in [0, 0.05) is 42.6 Å². The van der Waals surface area contributed by atoms with Crippen LogP contribution in [0.25, 0.3) is 16.7 Å². The van der Waals surface area contributed by atoms with Gasteiger partial charge in [-0.15, -0.1) is 0 Å². The minimum Gasteiger partial charge on any atom is -0.324 e. The van der Waals surface area contributed by atoms with Gasteiger partial charge in [0.15, 0.2) is 5.65 Å². The van der Waals surface area contributed by atoms with Crippen LogP contribution in [0.5, 0.6) is 0 Å². The van der Waals surface area contributed by atoms with Crippen molar-refractivity contribution >= 4 is 34.3 Å². The largest absolute Gasteiger partial charge is 0.324 e. The number of likely N-dealkylation sites (N-methyl/N-ethyl adjacent to an activating group) is 1. The van der Waals surface area contributed by atoms with Gasteiger partial charge < -0.3 is 15.1 Å².